The molecular formula is C12H25N3O2. The molecular weight excluding hydrogens is 218 g/mol. The molecule has 0 spiro atoms. The van der Waals surface area contributed by atoms with E-state index in [-0.39, 0.29) is 12.0 Å². The minimum atomic E-state index is -0.673. The van der Waals surface area contributed by atoms with Gasteiger partial charge in [0.15, 0.2) is 0 Å². The molecule has 0 saturated carbocycles. The maximum atomic E-state index is 11.6. The molecule has 0 aromatic heterocycles. The summed E-state index contributed by atoms with van der Waals surface area (Å²) < 4.78 is 5.46. The molecule has 0 aliphatic carbocycles. The minimum Gasteiger partial charge on any atom is -0.376 e. The number of nitrogens with one attached hydrogen (secondary N) is 1. The molecule has 2 atom stereocenters. The molecule has 5 nitrogen and oxygen atoms in total. The summed E-state index contributed by atoms with van der Waals surface area (Å²) in [6, 6.07) is 0. The van der Waals surface area contributed by atoms with E-state index in [0.717, 1.165) is 26.2 Å². The summed E-state index contributed by atoms with van der Waals surface area (Å²) >= 11 is 0. The Hall–Kier alpha value is -0.650. The summed E-state index contributed by atoms with van der Waals surface area (Å²) in [5, 5.41) is 3.30. The third kappa shape index (κ3) is 3.18. The lowest BCUT2D eigenvalue weighted by molar-refractivity contribution is -0.126. The van der Waals surface area contributed by atoms with E-state index in [0.29, 0.717) is 13.0 Å². The summed E-state index contributed by atoms with van der Waals surface area (Å²) in [7, 11) is 0. The summed E-state index contributed by atoms with van der Waals surface area (Å²) in [5.41, 5.74) is 4.84. The van der Waals surface area contributed by atoms with Crippen LogP contribution < -0.4 is 11.1 Å². The van der Waals surface area contributed by atoms with E-state index < -0.39 is 5.54 Å². The van der Waals surface area contributed by atoms with E-state index in [1.165, 1.54) is 0 Å². The summed E-state index contributed by atoms with van der Waals surface area (Å²) in [6.45, 7) is 10.5. The van der Waals surface area contributed by atoms with E-state index in [2.05, 4.69) is 24.1 Å². The van der Waals surface area contributed by atoms with Crippen LogP contribution >= 0.6 is 0 Å². The number of primary amides is 1. The van der Waals surface area contributed by atoms with Crippen LogP contribution in [0.3, 0.4) is 0 Å². The Balaban J connectivity index is 2.49. The van der Waals surface area contributed by atoms with E-state index in [9.17, 15) is 4.79 Å². The summed E-state index contributed by atoms with van der Waals surface area (Å²) in [6.07, 6.45) is 0.526. The Bertz CT molecular complexity index is 256. The highest BCUT2D eigenvalue weighted by atomic mass is 16.5. The molecule has 1 saturated heterocycles. The number of hydrogen-bond acceptors (Lipinski definition) is 4. The van der Waals surface area contributed by atoms with E-state index in [1.807, 2.05) is 6.92 Å². The highest BCUT2D eigenvalue weighted by Gasteiger charge is 2.46. The molecule has 3 N–H and O–H groups in total. The van der Waals surface area contributed by atoms with Gasteiger partial charge < -0.3 is 15.4 Å². The van der Waals surface area contributed by atoms with Gasteiger partial charge in [-0.3, -0.25) is 10.1 Å². The molecule has 100 valence electrons. The molecule has 5 heteroatoms. The normalized spacial score (nSPS) is 28.8. The SMILES string of the molecule is CCN(CC)CCNC1(C(N)=O)CCOC1C. The van der Waals surface area contributed by atoms with Crippen molar-refractivity contribution in [2.75, 3.05) is 32.8 Å². The number of likely N-dealkylation sites (N-methyl/N-ethyl adjacent to an activating group) is 1. The van der Waals surface area contributed by atoms with Crippen LogP contribution in [-0.2, 0) is 9.53 Å². The Kier molecular flexibility index (Phi) is 5.36. The molecule has 0 aromatic carbocycles. The van der Waals surface area contributed by atoms with Crippen LogP contribution in [-0.4, -0.2) is 55.2 Å². The monoisotopic (exact) mass is 243 g/mol. The van der Waals surface area contributed by atoms with Gasteiger partial charge in [0.2, 0.25) is 5.91 Å². The first-order valence-corrected chi connectivity index (χ1v) is 6.45. The van der Waals surface area contributed by atoms with Gasteiger partial charge in [-0.25, -0.2) is 0 Å². The van der Waals surface area contributed by atoms with E-state index >= 15 is 0 Å². The number of nitrogens with zero attached hydrogens (tertiary/aromatic N) is 1. The van der Waals surface area contributed by atoms with Gasteiger partial charge in [0.1, 0.15) is 5.54 Å². The molecule has 0 aromatic rings. The number of carbonyl (C=O) groups is 1. The van der Waals surface area contributed by atoms with Crippen LogP contribution in [0.2, 0.25) is 0 Å². The van der Waals surface area contributed by atoms with Gasteiger partial charge in [-0.1, -0.05) is 13.8 Å². The van der Waals surface area contributed by atoms with Crippen LogP contribution in [0, 0.1) is 0 Å². The molecule has 0 bridgehead atoms. The summed E-state index contributed by atoms with van der Waals surface area (Å²) in [5.74, 6) is -0.304. The first-order chi connectivity index (χ1) is 8.06. The van der Waals surface area contributed by atoms with Crippen molar-refractivity contribution in [3.8, 4) is 0 Å². The topological polar surface area (TPSA) is 67.6 Å². The first-order valence-electron chi connectivity index (χ1n) is 6.45. The quantitative estimate of drug-likeness (QED) is 0.658. The lowest BCUT2D eigenvalue weighted by Crippen LogP contribution is -2.60. The Morgan fingerprint density at radius 2 is 2.18 bits per heavy atom. The average Bonchev–Trinajstić information content (AvgIpc) is 2.67. The highest BCUT2D eigenvalue weighted by molar-refractivity contribution is 5.85. The molecule has 17 heavy (non-hydrogen) atoms. The maximum absolute atomic E-state index is 11.6. The molecule has 1 amide bonds. The van der Waals surface area contributed by atoms with Crippen LogP contribution in [0.15, 0.2) is 0 Å². The first kappa shape index (κ1) is 14.4. The van der Waals surface area contributed by atoms with Crippen LogP contribution in [0.25, 0.3) is 0 Å². The Morgan fingerprint density at radius 3 is 2.59 bits per heavy atom. The van der Waals surface area contributed by atoms with Crippen molar-refractivity contribution < 1.29 is 9.53 Å². The number of amides is 1. The predicted molar refractivity (Wildman–Crippen MR) is 67.7 cm³/mol. The zero-order valence-electron chi connectivity index (χ0n) is 11.2. The highest BCUT2D eigenvalue weighted by Crippen LogP contribution is 2.25. The smallest absolute Gasteiger partial charge is 0.240 e. The lowest BCUT2D eigenvalue weighted by atomic mass is 9.91. The van der Waals surface area contributed by atoms with E-state index in [4.69, 9.17) is 10.5 Å². The predicted octanol–water partition coefficient (Wildman–Crippen LogP) is -0.0493. The fourth-order valence-corrected chi connectivity index (χ4v) is 2.36. The van der Waals surface area contributed by atoms with Crippen molar-refractivity contribution in [2.24, 2.45) is 5.73 Å². The standard InChI is InChI=1S/C12H25N3O2/c1-4-15(5-2)8-7-14-12(11(13)16)6-9-17-10(12)3/h10,14H,4-9H2,1-3H3,(H2,13,16). The van der Waals surface area contributed by atoms with Gasteiger partial charge in [-0.05, 0) is 20.0 Å². The minimum absolute atomic E-state index is 0.142. The maximum Gasteiger partial charge on any atom is 0.240 e. The van der Waals surface area contributed by atoms with E-state index in [1.54, 1.807) is 0 Å². The number of hydrogen-bond donors (Lipinski definition) is 2. The number of ether oxygens (including phenoxy) is 1. The Labute approximate surface area is 104 Å². The molecule has 1 aliphatic rings. The second-order valence-corrected chi connectivity index (χ2v) is 4.55. The molecule has 1 heterocycles. The zero-order valence-corrected chi connectivity index (χ0v) is 11.2. The number of nitrogens with two attached hydrogens (primary N) is 1. The van der Waals surface area contributed by atoms with Crippen LogP contribution in [0.5, 0.6) is 0 Å². The van der Waals surface area contributed by atoms with Gasteiger partial charge in [0, 0.05) is 26.1 Å². The molecule has 1 fully saturated rings. The molecule has 1 aliphatic heterocycles. The lowest BCUT2D eigenvalue weighted by Gasteiger charge is -2.31. The van der Waals surface area contributed by atoms with Crippen molar-refractivity contribution in [1.82, 2.24) is 10.2 Å². The van der Waals surface area contributed by atoms with Crippen molar-refractivity contribution in [3.63, 3.8) is 0 Å². The van der Waals surface area contributed by atoms with Gasteiger partial charge in [0.05, 0.1) is 6.10 Å². The largest absolute Gasteiger partial charge is 0.376 e. The van der Waals surface area contributed by atoms with Gasteiger partial charge in [0.25, 0.3) is 0 Å². The number of rotatable bonds is 7. The van der Waals surface area contributed by atoms with Crippen LogP contribution in [0.1, 0.15) is 27.2 Å². The van der Waals surface area contributed by atoms with Crippen molar-refractivity contribution in [2.45, 2.75) is 38.8 Å². The zero-order chi connectivity index (χ0) is 12.9. The molecule has 0 radical (unpaired) electrons. The third-order valence-corrected chi connectivity index (χ3v) is 3.76. The summed E-state index contributed by atoms with van der Waals surface area (Å²) in [4.78, 5) is 13.9. The van der Waals surface area contributed by atoms with Crippen molar-refractivity contribution >= 4 is 5.91 Å². The molecule has 1 rings (SSSR count). The fraction of sp³-hybridized carbons (Fsp3) is 0.917. The average molecular weight is 243 g/mol. The van der Waals surface area contributed by atoms with Gasteiger partial charge in [-0.2, -0.15) is 0 Å². The van der Waals surface area contributed by atoms with Crippen LogP contribution in [0.4, 0.5) is 0 Å². The Morgan fingerprint density at radius 1 is 1.53 bits per heavy atom. The second-order valence-electron chi connectivity index (χ2n) is 4.55. The van der Waals surface area contributed by atoms with Gasteiger partial charge >= 0.3 is 0 Å². The van der Waals surface area contributed by atoms with Crippen molar-refractivity contribution in [3.05, 3.63) is 0 Å². The van der Waals surface area contributed by atoms with Crippen molar-refractivity contribution in [1.29, 1.82) is 0 Å². The second kappa shape index (κ2) is 6.33. The number of carbonyl (C=O) groups excluding carboxylic acids is 1. The van der Waals surface area contributed by atoms with Gasteiger partial charge in [-0.15, -0.1) is 0 Å². The third-order valence-electron chi connectivity index (χ3n) is 3.76. The molecule has 2 unspecified atom stereocenters. The fourth-order valence-electron chi connectivity index (χ4n) is 2.36.